The van der Waals surface area contributed by atoms with E-state index in [1.807, 2.05) is 0 Å². The number of anilines is 1. The summed E-state index contributed by atoms with van der Waals surface area (Å²) < 4.78 is 0. The number of carbonyl (C=O) groups is 1. The number of hydrogen-bond acceptors (Lipinski definition) is 6. The van der Waals surface area contributed by atoms with E-state index in [9.17, 15) is 20.0 Å². The summed E-state index contributed by atoms with van der Waals surface area (Å²) in [6, 6.07) is 3.26. The monoisotopic (exact) mass is 270 g/mol. The van der Waals surface area contributed by atoms with Gasteiger partial charge in [-0.1, -0.05) is 0 Å². The maximum Gasteiger partial charge on any atom is 0.337 e. The minimum Gasteiger partial charge on any atom is -0.478 e. The number of nitrogens with zero attached hydrogens (tertiary/aromatic N) is 1. The smallest absolute Gasteiger partial charge is 0.337 e. The minimum absolute atomic E-state index is 0.00965. The Balaban J connectivity index is 3.04. The zero-order valence-electron chi connectivity index (χ0n) is 10.2. The van der Waals surface area contributed by atoms with Crippen LogP contribution >= 0.6 is 0 Å². The van der Waals surface area contributed by atoms with E-state index in [1.165, 1.54) is 6.92 Å². The third kappa shape index (κ3) is 3.90. The number of rotatable bonds is 6. The lowest BCUT2D eigenvalue weighted by Gasteiger charge is -2.21. The summed E-state index contributed by atoms with van der Waals surface area (Å²) in [7, 11) is 0. The number of carboxylic acids is 1. The predicted molar refractivity (Wildman–Crippen MR) is 66.3 cm³/mol. The number of carboxylic acid groups (broad SMARTS) is 1. The van der Waals surface area contributed by atoms with Crippen molar-refractivity contribution in [3.63, 3.8) is 0 Å². The molecule has 0 aliphatic heterocycles. The molecule has 1 unspecified atom stereocenters. The summed E-state index contributed by atoms with van der Waals surface area (Å²) in [6.07, 6.45) is 0. The Hall–Kier alpha value is -2.19. The van der Waals surface area contributed by atoms with Gasteiger partial charge in [0.05, 0.1) is 22.8 Å². The van der Waals surface area contributed by atoms with Crippen molar-refractivity contribution in [3.8, 4) is 0 Å². The van der Waals surface area contributed by atoms with E-state index in [2.05, 4.69) is 5.32 Å². The average molecular weight is 270 g/mol. The fourth-order valence-corrected chi connectivity index (χ4v) is 1.32. The van der Waals surface area contributed by atoms with E-state index in [0.717, 1.165) is 18.2 Å². The number of aliphatic hydroxyl groups is 2. The molecule has 0 fully saturated rings. The molecular weight excluding hydrogens is 256 g/mol. The molecule has 104 valence electrons. The van der Waals surface area contributed by atoms with Crippen LogP contribution in [0.15, 0.2) is 18.2 Å². The molecule has 0 amide bonds. The van der Waals surface area contributed by atoms with E-state index >= 15 is 0 Å². The largest absolute Gasteiger partial charge is 0.478 e. The highest BCUT2D eigenvalue weighted by Crippen LogP contribution is 2.23. The van der Waals surface area contributed by atoms with Gasteiger partial charge in [0.15, 0.2) is 0 Å². The number of hydrogen-bond donors (Lipinski definition) is 4. The third-order valence-corrected chi connectivity index (χ3v) is 2.44. The molecule has 0 bridgehead atoms. The second-order valence-corrected chi connectivity index (χ2v) is 4.30. The van der Waals surface area contributed by atoms with E-state index < -0.39 is 23.1 Å². The van der Waals surface area contributed by atoms with Gasteiger partial charge in [-0.25, -0.2) is 4.79 Å². The number of nitro groups is 1. The van der Waals surface area contributed by atoms with Gasteiger partial charge in [-0.15, -0.1) is 0 Å². The van der Waals surface area contributed by atoms with Crippen LogP contribution in [0.5, 0.6) is 0 Å². The zero-order valence-corrected chi connectivity index (χ0v) is 10.2. The summed E-state index contributed by atoms with van der Waals surface area (Å²) in [5, 5.41) is 40.7. The van der Waals surface area contributed by atoms with Crippen LogP contribution in [-0.2, 0) is 0 Å². The molecule has 1 aromatic carbocycles. The molecule has 0 aromatic heterocycles. The molecule has 19 heavy (non-hydrogen) atoms. The van der Waals surface area contributed by atoms with Crippen molar-refractivity contribution in [3.05, 3.63) is 33.9 Å². The molecule has 1 atom stereocenters. The first-order valence-corrected chi connectivity index (χ1v) is 5.36. The molecule has 0 radical (unpaired) electrons. The first-order valence-electron chi connectivity index (χ1n) is 5.36. The lowest BCUT2D eigenvalue weighted by molar-refractivity contribution is -0.384. The van der Waals surface area contributed by atoms with Crippen LogP contribution in [0, 0.1) is 10.1 Å². The van der Waals surface area contributed by atoms with Gasteiger partial charge in [0.1, 0.15) is 5.60 Å². The summed E-state index contributed by atoms with van der Waals surface area (Å²) in [5.74, 6) is -1.25. The van der Waals surface area contributed by atoms with Gasteiger partial charge in [0, 0.05) is 18.7 Å². The highest BCUT2D eigenvalue weighted by atomic mass is 16.6. The molecule has 4 N–H and O–H groups in total. The fraction of sp³-hybridized carbons (Fsp3) is 0.364. The molecule has 0 saturated heterocycles. The maximum atomic E-state index is 11.0. The lowest BCUT2D eigenvalue weighted by atomic mass is 10.1. The topological polar surface area (TPSA) is 133 Å². The molecule has 0 aliphatic rings. The molecule has 0 aliphatic carbocycles. The highest BCUT2D eigenvalue weighted by Gasteiger charge is 2.21. The number of aromatic carboxylic acids is 1. The second-order valence-electron chi connectivity index (χ2n) is 4.30. The van der Waals surface area contributed by atoms with Crippen molar-refractivity contribution in [1.29, 1.82) is 0 Å². The normalized spacial score (nSPS) is 13.6. The SMILES string of the molecule is CC(O)(CO)CNc1cc([N+](=O)[O-])ccc1C(=O)O. The van der Waals surface area contributed by atoms with Crippen LogP contribution in [0.1, 0.15) is 17.3 Å². The predicted octanol–water partition coefficient (Wildman–Crippen LogP) is 0.448. The summed E-state index contributed by atoms with van der Waals surface area (Å²) in [4.78, 5) is 21.0. The number of nitrogens with one attached hydrogen (secondary N) is 1. The maximum absolute atomic E-state index is 11.0. The van der Waals surface area contributed by atoms with Crippen LogP contribution in [0.3, 0.4) is 0 Å². The molecule has 0 saturated carbocycles. The van der Waals surface area contributed by atoms with Gasteiger partial charge in [-0.2, -0.15) is 0 Å². The van der Waals surface area contributed by atoms with Gasteiger partial charge < -0.3 is 20.6 Å². The summed E-state index contributed by atoms with van der Waals surface area (Å²) in [6.45, 7) is 0.667. The van der Waals surface area contributed by atoms with Crippen molar-refractivity contribution < 1.29 is 25.0 Å². The number of nitro benzene ring substituents is 1. The summed E-state index contributed by atoms with van der Waals surface area (Å²) in [5.41, 5.74) is -1.87. The van der Waals surface area contributed by atoms with Crippen molar-refractivity contribution in [1.82, 2.24) is 0 Å². The Morgan fingerprint density at radius 2 is 2.16 bits per heavy atom. The van der Waals surface area contributed by atoms with Gasteiger partial charge in [-0.3, -0.25) is 10.1 Å². The molecule has 8 nitrogen and oxygen atoms in total. The van der Waals surface area contributed by atoms with Crippen molar-refractivity contribution in [2.75, 3.05) is 18.5 Å². The molecular formula is C11H14N2O6. The lowest BCUT2D eigenvalue weighted by Crippen LogP contribution is -2.37. The first kappa shape index (κ1) is 14.9. The third-order valence-electron chi connectivity index (χ3n) is 2.44. The van der Waals surface area contributed by atoms with Crippen LogP contribution < -0.4 is 5.32 Å². The van der Waals surface area contributed by atoms with E-state index in [0.29, 0.717) is 0 Å². The van der Waals surface area contributed by atoms with E-state index in [-0.39, 0.29) is 23.5 Å². The Morgan fingerprint density at radius 3 is 2.63 bits per heavy atom. The van der Waals surface area contributed by atoms with Gasteiger partial charge in [0.2, 0.25) is 0 Å². The Kier molecular flexibility index (Phi) is 4.41. The van der Waals surface area contributed by atoms with Gasteiger partial charge in [0.25, 0.3) is 5.69 Å². The Bertz CT molecular complexity index is 500. The van der Waals surface area contributed by atoms with Crippen molar-refractivity contribution in [2.45, 2.75) is 12.5 Å². The van der Waals surface area contributed by atoms with Crippen LogP contribution in [-0.4, -0.2) is 45.0 Å². The Morgan fingerprint density at radius 1 is 1.53 bits per heavy atom. The van der Waals surface area contributed by atoms with Gasteiger partial charge >= 0.3 is 5.97 Å². The Labute approximate surface area is 108 Å². The van der Waals surface area contributed by atoms with Crippen molar-refractivity contribution >= 4 is 17.3 Å². The average Bonchev–Trinajstić information content (AvgIpc) is 2.35. The quantitative estimate of drug-likeness (QED) is 0.435. The molecule has 1 aromatic rings. The van der Waals surface area contributed by atoms with Crippen molar-refractivity contribution in [2.24, 2.45) is 0 Å². The minimum atomic E-state index is -1.46. The van der Waals surface area contributed by atoms with Gasteiger partial charge in [-0.05, 0) is 13.0 Å². The molecule has 0 spiro atoms. The van der Waals surface area contributed by atoms with Crippen LogP contribution in [0.4, 0.5) is 11.4 Å². The number of non-ortho nitro benzene ring substituents is 1. The second kappa shape index (κ2) is 5.63. The standard InChI is InChI=1S/C11H14N2O6/c1-11(17,6-14)5-12-9-4-7(13(18)19)2-3-8(9)10(15)16/h2-4,12,14,17H,5-6H2,1H3,(H,15,16). The van der Waals surface area contributed by atoms with E-state index in [1.54, 1.807) is 0 Å². The molecule has 1 rings (SSSR count). The number of benzene rings is 1. The van der Waals surface area contributed by atoms with Crippen LogP contribution in [0.2, 0.25) is 0 Å². The fourth-order valence-electron chi connectivity index (χ4n) is 1.32. The first-order chi connectivity index (χ1) is 8.76. The molecule has 0 heterocycles. The number of aliphatic hydroxyl groups excluding tert-OH is 1. The van der Waals surface area contributed by atoms with E-state index in [4.69, 9.17) is 10.2 Å². The van der Waals surface area contributed by atoms with Crippen LogP contribution in [0.25, 0.3) is 0 Å². The zero-order chi connectivity index (χ0) is 14.6. The highest BCUT2D eigenvalue weighted by molar-refractivity contribution is 5.94. The summed E-state index contributed by atoms with van der Waals surface area (Å²) >= 11 is 0. The molecule has 8 heteroatoms.